The summed E-state index contributed by atoms with van der Waals surface area (Å²) >= 11 is 0. The van der Waals surface area contributed by atoms with Gasteiger partial charge in [-0.15, -0.1) is 0 Å². The average Bonchev–Trinajstić information content (AvgIpc) is 2.85. The van der Waals surface area contributed by atoms with E-state index in [0.717, 1.165) is 67.4 Å². The molecule has 0 saturated carbocycles. The Kier molecular flexibility index (Phi) is 6.51. The van der Waals surface area contributed by atoms with Gasteiger partial charge >= 0.3 is 0 Å². The molecule has 0 spiro atoms. The first kappa shape index (κ1) is 21.2. The maximum Gasteiger partial charge on any atom is 0.162 e. The summed E-state index contributed by atoms with van der Waals surface area (Å²) in [7, 11) is 2.19. The summed E-state index contributed by atoms with van der Waals surface area (Å²) < 4.78 is 0. The molecule has 0 amide bonds. The summed E-state index contributed by atoms with van der Waals surface area (Å²) in [4.78, 5) is 17.3. The third kappa shape index (κ3) is 4.87. The highest BCUT2D eigenvalue weighted by Gasteiger charge is 2.17. The fraction of sp³-hybridized carbons (Fsp3) is 0.462. The van der Waals surface area contributed by atoms with Crippen LogP contribution in [0.4, 0.5) is 11.5 Å². The van der Waals surface area contributed by atoms with Crippen LogP contribution in [0.15, 0.2) is 48.5 Å². The van der Waals surface area contributed by atoms with Crippen LogP contribution in [-0.2, 0) is 0 Å². The Morgan fingerprint density at radius 2 is 1.62 bits per heavy atom. The first-order chi connectivity index (χ1) is 15.8. The number of hydrogen-bond acceptors (Lipinski definition) is 6. The van der Waals surface area contributed by atoms with Crippen molar-refractivity contribution < 1.29 is 0 Å². The standard InChI is InChI=1S/C26H34N6/c1-30-16-18-32(19-17-30)22-10-11-23-24(20-22)28-25(21-8-4-2-5-9-21)29-26(23)27-12-15-31-13-6-3-7-14-31/h2,4-5,8-11,20H,3,6-7,12-19H2,1H3,(H,27,28,29). The highest BCUT2D eigenvalue weighted by molar-refractivity contribution is 5.92. The van der Waals surface area contributed by atoms with E-state index in [1.807, 2.05) is 18.2 Å². The molecular formula is C26H34N6. The van der Waals surface area contributed by atoms with E-state index < -0.39 is 0 Å². The molecule has 0 radical (unpaired) electrons. The van der Waals surface area contributed by atoms with Crippen molar-refractivity contribution in [3.63, 3.8) is 0 Å². The van der Waals surface area contributed by atoms with Gasteiger partial charge in [0.2, 0.25) is 0 Å². The van der Waals surface area contributed by atoms with Gasteiger partial charge in [-0.05, 0) is 51.2 Å². The van der Waals surface area contributed by atoms with E-state index in [4.69, 9.17) is 9.97 Å². The molecule has 168 valence electrons. The zero-order chi connectivity index (χ0) is 21.8. The molecular weight excluding hydrogens is 396 g/mol. The molecule has 1 aromatic heterocycles. The highest BCUT2D eigenvalue weighted by Crippen LogP contribution is 2.29. The van der Waals surface area contributed by atoms with E-state index >= 15 is 0 Å². The van der Waals surface area contributed by atoms with Gasteiger partial charge in [-0.2, -0.15) is 0 Å². The average molecular weight is 431 g/mol. The summed E-state index contributed by atoms with van der Waals surface area (Å²) in [5, 5.41) is 4.74. The van der Waals surface area contributed by atoms with E-state index in [0.29, 0.717) is 0 Å². The van der Waals surface area contributed by atoms with Crippen molar-refractivity contribution in [3.8, 4) is 11.4 Å². The van der Waals surface area contributed by atoms with Gasteiger partial charge in [0.1, 0.15) is 5.82 Å². The normalized spacial score (nSPS) is 18.2. The Balaban J connectivity index is 1.43. The zero-order valence-electron chi connectivity index (χ0n) is 19.1. The highest BCUT2D eigenvalue weighted by atomic mass is 15.2. The van der Waals surface area contributed by atoms with E-state index in [2.05, 4.69) is 57.4 Å². The van der Waals surface area contributed by atoms with Crippen LogP contribution in [0.2, 0.25) is 0 Å². The van der Waals surface area contributed by atoms with Gasteiger partial charge in [0.25, 0.3) is 0 Å². The molecule has 0 bridgehead atoms. The summed E-state index contributed by atoms with van der Waals surface area (Å²) in [6.07, 6.45) is 4.02. The molecule has 2 aliphatic heterocycles. The number of fused-ring (bicyclic) bond motifs is 1. The van der Waals surface area contributed by atoms with Crippen LogP contribution in [0, 0.1) is 0 Å². The lowest BCUT2D eigenvalue weighted by atomic mass is 10.1. The second-order valence-electron chi connectivity index (χ2n) is 9.08. The van der Waals surface area contributed by atoms with Crippen LogP contribution in [0.25, 0.3) is 22.3 Å². The number of benzene rings is 2. The molecule has 3 aromatic rings. The summed E-state index contributed by atoms with van der Waals surface area (Å²) in [6, 6.07) is 17.0. The van der Waals surface area contributed by atoms with Crippen molar-refractivity contribution >= 4 is 22.4 Å². The Labute approximate surface area is 191 Å². The van der Waals surface area contributed by atoms with Crippen molar-refractivity contribution in [2.75, 3.05) is 69.6 Å². The van der Waals surface area contributed by atoms with Gasteiger partial charge in [0.05, 0.1) is 5.52 Å². The number of likely N-dealkylation sites (N-methyl/N-ethyl adjacent to an activating group) is 1. The van der Waals surface area contributed by atoms with Crippen LogP contribution in [0.5, 0.6) is 0 Å². The molecule has 6 nitrogen and oxygen atoms in total. The van der Waals surface area contributed by atoms with E-state index in [-0.39, 0.29) is 0 Å². The van der Waals surface area contributed by atoms with Crippen molar-refractivity contribution in [3.05, 3.63) is 48.5 Å². The van der Waals surface area contributed by atoms with Gasteiger partial charge in [-0.1, -0.05) is 36.8 Å². The van der Waals surface area contributed by atoms with Crippen molar-refractivity contribution in [2.24, 2.45) is 0 Å². The minimum absolute atomic E-state index is 0.786. The molecule has 2 fully saturated rings. The van der Waals surface area contributed by atoms with E-state index in [1.165, 1.54) is 38.0 Å². The molecule has 5 rings (SSSR count). The quantitative estimate of drug-likeness (QED) is 0.639. The van der Waals surface area contributed by atoms with Crippen molar-refractivity contribution in [1.29, 1.82) is 0 Å². The lowest BCUT2D eigenvalue weighted by Gasteiger charge is -2.34. The third-order valence-corrected chi connectivity index (χ3v) is 6.75. The number of nitrogens with zero attached hydrogens (tertiary/aromatic N) is 5. The lowest BCUT2D eigenvalue weighted by molar-refractivity contribution is 0.237. The number of likely N-dealkylation sites (tertiary alicyclic amines) is 1. The Morgan fingerprint density at radius 3 is 2.41 bits per heavy atom. The number of hydrogen-bond donors (Lipinski definition) is 1. The third-order valence-electron chi connectivity index (χ3n) is 6.75. The minimum atomic E-state index is 0.786. The van der Waals surface area contributed by atoms with Crippen LogP contribution >= 0.6 is 0 Å². The first-order valence-electron chi connectivity index (χ1n) is 12.0. The maximum absolute atomic E-state index is 4.98. The fourth-order valence-electron chi connectivity index (χ4n) is 4.75. The largest absolute Gasteiger partial charge is 0.369 e. The smallest absolute Gasteiger partial charge is 0.162 e. The van der Waals surface area contributed by atoms with E-state index in [1.54, 1.807) is 0 Å². The predicted molar refractivity (Wildman–Crippen MR) is 133 cm³/mol. The summed E-state index contributed by atoms with van der Waals surface area (Å²) in [6.45, 7) is 8.71. The predicted octanol–water partition coefficient (Wildman–Crippen LogP) is 3.95. The van der Waals surface area contributed by atoms with E-state index in [9.17, 15) is 0 Å². The monoisotopic (exact) mass is 430 g/mol. The Morgan fingerprint density at radius 1 is 0.844 bits per heavy atom. The Bertz CT molecular complexity index is 1020. The number of nitrogens with one attached hydrogen (secondary N) is 1. The van der Waals surface area contributed by atoms with Crippen LogP contribution in [-0.4, -0.2) is 79.2 Å². The van der Waals surface area contributed by atoms with Crippen LogP contribution < -0.4 is 10.2 Å². The maximum atomic E-state index is 4.98. The first-order valence-corrected chi connectivity index (χ1v) is 12.0. The van der Waals surface area contributed by atoms with Crippen molar-refractivity contribution in [1.82, 2.24) is 19.8 Å². The lowest BCUT2D eigenvalue weighted by Crippen LogP contribution is -2.44. The van der Waals surface area contributed by atoms with Crippen LogP contribution in [0.3, 0.4) is 0 Å². The van der Waals surface area contributed by atoms with Gasteiger partial charge in [-0.25, -0.2) is 9.97 Å². The van der Waals surface area contributed by atoms with Crippen molar-refractivity contribution in [2.45, 2.75) is 19.3 Å². The number of piperidine rings is 1. The molecule has 3 heterocycles. The number of aromatic nitrogens is 2. The molecule has 0 unspecified atom stereocenters. The number of rotatable bonds is 6. The molecule has 2 aliphatic rings. The molecule has 2 aromatic carbocycles. The van der Waals surface area contributed by atoms with Gasteiger partial charge in [0, 0.05) is 55.9 Å². The molecule has 0 aliphatic carbocycles. The van der Waals surface area contributed by atoms with Gasteiger partial charge in [-0.3, -0.25) is 0 Å². The molecule has 6 heteroatoms. The SMILES string of the molecule is CN1CCN(c2ccc3c(NCCN4CCCCC4)nc(-c4ccccc4)nc3c2)CC1. The number of anilines is 2. The summed E-state index contributed by atoms with van der Waals surface area (Å²) in [5.74, 6) is 1.73. The topological polar surface area (TPSA) is 47.5 Å². The molecule has 0 atom stereocenters. The molecule has 32 heavy (non-hydrogen) atoms. The second-order valence-corrected chi connectivity index (χ2v) is 9.08. The number of piperazine rings is 1. The Hall–Kier alpha value is -2.70. The second kappa shape index (κ2) is 9.84. The molecule has 2 saturated heterocycles. The van der Waals surface area contributed by atoms with Crippen LogP contribution in [0.1, 0.15) is 19.3 Å². The van der Waals surface area contributed by atoms with Gasteiger partial charge < -0.3 is 20.0 Å². The zero-order valence-corrected chi connectivity index (χ0v) is 19.1. The van der Waals surface area contributed by atoms with Gasteiger partial charge in [0.15, 0.2) is 5.82 Å². The fourth-order valence-corrected chi connectivity index (χ4v) is 4.75. The summed E-state index contributed by atoms with van der Waals surface area (Å²) in [5.41, 5.74) is 3.32. The molecule has 1 N–H and O–H groups in total. The minimum Gasteiger partial charge on any atom is -0.369 e.